The van der Waals surface area contributed by atoms with Crippen molar-refractivity contribution in [1.29, 1.82) is 0 Å². The largest absolute Gasteiger partial charge is 0.463 e. The number of hydrogen-bond acceptors (Lipinski definition) is 3. The van der Waals surface area contributed by atoms with Gasteiger partial charge in [-0.25, -0.2) is 13.8 Å². The molecule has 0 bridgehead atoms. The van der Waals surface area contributed by atoms with Gasteiger partial charge in [-0.2, -0.15) is 0 Å². The summed E-state index contributed by atoms with van der Waals surface area (Å²) in [6, 6.07) is 7.07. The minimum absolute atomic E-state index is 0.124. The normalized spacial score (nSPS) is 12.0. The molecule has 6 heteroatoms. The Morgan fingerprint density at radius 2 is 2.14 bits per heavy atom. The average Bonchev–Trinajstić information content (AvgIpc) is 3.12. The standard InChI is InChI=1S/C16H14F2N2OS/c1-2-7-20-14(15-4-3-8-21-15)10-22-16(20)19-13-6-5-11(17)9-12(13)18/h3-6,8-10H,2,7H2,1H3. The van der Waals surface area contributed by atoms with Crippen molar-refractivity contribution in [2.45, 2.75) is 19.9 Å². The lowest BCUT2D eigenvalue weighted by atomic mass is 10.3. The Morgan fingerprint density at radius 1 is 1.27 bits per heavy atom. The van der Waals surface area contributed by atoms with Crippen molar-refractivity contribution in [3.63, 3.8) is 0 Å². The predicted molar refractivity (Wildman–Crippen MR) is 81.9 cm³/mol. The van der Waals surface area contributed by atoms with Crippen molar-refractivity contribution in [1.82, 2.24) is 4.57 Å². The van der Waals surface area contributed by atoms with E-state index in [2.05, 4.69) is 11.9 Å². The fourth-order valence-corrected chi connectivity index (χ4v) is 3.08. The molecule has 0 spiro atoms. The molecule has 0 aliphatic heterocycles. The Kier molecular flexibility index (Phi) is 4.20. The highest BCUT2D eigenvalue weighted by molar-refractivity contribution is 7.07. The lowest BCUT2D eigenvalue weighted by Crippen LogP contribution is -2.15. The van der Waals surface area contributed by atoms with E-state index >= 15 is 0 Å². The van der Waals surface area contributed by atoms with Crippen LogP contribution in [0.3, 0.4) is 0 Å². The number of thiazole rings is 1. The first-order chi connectivity index (χ1) is 10.7. The van der Waals surface area contributed by atoms with Crippen molar-refractivity contribution in [3.8, 4) is 11.5 Å². The lowest BCUT2D eigenvalue weighted by Gasteiger charge is -2.05. The second-order valence-corrected chi connectivity index (χ2v) is 5.58. The van der Waals surface area contributed by atoms with Crippen LogP contribution in [0.15, 0.2) is 51.4 Å². The summed E-state index contributed by atoms with van der Waals surface area (Å²) in [6.45, 7) is 2.79. The molecule has 3 rings (SSSR count). The zero-order valence-electron chi connectivity index (χ0n) is 11.9. The fourth-order valence-electron chi connectivity index (χ4n) is 2.16. The van der Waals surface area contributed by atoms with Crippen LogP contribution in [0.4, 0.5) is 14.5 Å². The van der Waals surface area contributed by atoms with Gasteiger partial charge in [0.25, 0.3) is 0 Å². The van der Waals surface area contributed by atoms with E-state index < -0.39 is 11.6 Å². The van der Waals surface area contributed by atoms with Gasteiger partial charge in [-0.3, -0.25) is 0 Å². The quantitative estimate of drug-likeness (QED) is 0.683. The zero-order chi connectivity index (χ0) is 15.5. The number of halogens is 2. The van der Waals surface area contributed by atoms with E-state index in [1.165, 1.54) is 23.5 Å². The number of rotatable bonds is 4. The summed E-state index contributed by atoms with van der Waals surface area (Å²) in [5.41, 5.74) is 1.03. The van der Waals surface area contributed by atoms with Crippen molar-refractivity contribution >= 4 is 17.0 Å². The molecular formula is C16H14F2N2OS. The van der Waals surface area contributed by atoms with Crippen molar-refractivity contribution in [2.75, 3.05) is 0 Å². The molecule has 0 aliphatic carbocycles. The van der Waals surface area contributed by atoms with Crippen molar-refractivity contribution in [2.24, 2.45) is 4.99 Å². The van der Waals surface area contributed by atoms with Gasteiger partial charge in [0, 0.05) is 18.0 Å². The second-order valence-electron chi connectivity index (χ2n) is 4.74. The van der Waals surface area contributed by atoms with Gasteiger partial charge < -0.3 is 8.98 Å². The van der Waals surface area contributed by atoms with Gasteiger partial charge in [0.1, 0.15) is 11.5 Å². The first kappa shape index (κ1) is 14.7. The smallest absolute Gasteiger partial charge is 0.190 e. The van der Waals surface area contributed by atoms with E-state index in [4.69, 9.17) is 4.42 Å². The van der Waals surface area contributed by atoms with Gasteiger partial charge in [-0.05, 0) is 30.7 Å². The van der Waals surface area contributed by atoms with Crippen LogP contribution in [-0.4, -0.2) is 4.57 Å². The molecule has 0 fully saturated rings. The van der Waals surface area contributed by atoms with Gasteiger partial charge in [0.15, 0.2) is 16.4 Å². The maximum absolute atomic E-state index is 13.8. The van der Waals surface area contributed by atoms with Gasteiger partial charge in [0.2, 0.25) is 0 Å². The number of hydrogen-bond donors (Lipinski definition) is 0. The van der Waals surface area contributed by atoms with Crippen molar-refractivity contribution in [3.05, 3.63) is 58.4 Å². The lowest BCUT2D eigenvalue weighted by molar-refractivity contribution is 0.567. The Balaban J connectivity index is 2.12. The molecule has 0 N–H and O–H groups in total. The van der Waals surface area contributed by atoms with Crippen LogP contribution in [-0.2, 0) is 6.54 Å². The molecule has 1 aromatic carbocycles. The molecule has 0 amide bonds. The molecule has 0 atom stereocenters. The summed E-state index contributed by atoms with van der Waals surface area (Å²) in [4.78, 5) is 4.98. The van der Waals surface area contributed by atoms with Gasteiger partial charge >= 0.3 is 0 Å². The monoisotopic (exact) mass is 320 g/mol. The molecule has 0 aliphatic rings. The number of nitrogens with zero attached hydrogens (tertiary/aromatic N) is 2. The Labute approximate surface area is 130 Å². The summed E-state index contributed by atoms with van der Waals surface area (Å²) in [7, 11) is 0. The van der Waals surface area contributed by atoms with E-state index in [1.807, 2.05) is 22.1 Å². The highest BCUT2D eigenvalue weighted by Crippen LogP contribution is 2.22. The molecule has 0 saturated carbocycles. The van der Waals surface area contributed by atoms with E-state index in [-0.39, 0.29) is 5.69 Å². The van der Waals surface area contributed by atoms with Crippen LogP contribution in [0, 0.1) is 11.6 Å². The number of benzene rings is 1. The van der Waals surface area contributed by atoms with Crippen LogP contribution in [0.1, 0.15) is 13.3 Å². The van der Waals surface area contributed by atoms with E-state index in [0.29, 0.717) is 4.80 Å². The molecular weight excluding hydrogens is 306 g/mol. The topological polar surface area (TPSA) is 30.4 Å². The fraction of sp³-hybridized carbons (Fsp3) is 0.188. The molecule has 3 nitrogen and oxygen atoms in total. The average molecular weight is 320 g/mol. The maximum atomic E-state index is 13.8. The summed E-state index contributed by atoms with van der Waals surface area (Å²) in [5.74, 6) is -0.540. The summed E-state index contributed by atoms with van der Waals surface area (Å²) < 4.78 is 34.2. The van der Waals surface area contributed by atoms with Crippen LogP contribution in [0.5, 0.6) is 0 Å². The zero-order valence-corrected chi connectivity index (χ0v) is 12.7. The van der Waals surface area contributed by atoms with Crippen LogP contribution in [0.2, 0.25) is 0 Å². The highest BCUT2D eigenvalue weighted by atomic mass is 32.1. The molecule has 0 radical (unpaired) electrons. The molecule has 2 aromatic heterocycles. The number of furan rings is 1. The van der Waals surface area contributed by atoms with Gasteiger partial charge in [-0.15, -0.1) is 11.3 Å². The third-order valence-corrected chi connectivity index (χ3v) is 4.01. The third kappa shape index (κ3) is 2.87. The van der Waals surface area contributed by atoms with Crippen LogP contribution < -0.4 is 4.80 Å². The predicted octanol–water partition coefficient (Wildman–Crippen LogP) is 4.73. The SMILES string of the molecule is CCCn1c(-c2ccco2)csc1=Nc1ccc(F)cc1F. The molecule has 2 heterocycles. The molecule has 22 heavy (non-hydrogen) atoms. The molecule has 3 aromatic rings. The third-order valence-electron chi connectivity index (χ3n) is 3.14. The Bertz CT molecular complexity index is 834. The minimum atomic E-state index is -0.670. The molecule has 0 saturated heterocycles. The number of aromatic nitrogens is 1. The van der Waals surface area contributed by atoms with Crippen LogP contribution in [0.25, 0.3) is 11.5 Å². The van der Waals surface area contributed by atoms with Crippen LogP contribution >= 0.6 is 11.3 Å². The first-order valence-corrected chi connectivity index (χ1v) is 7.79. The summed E-state index contributed by atoms with van der Waals surface area (Å²) >= 11 is 1.40. The van der Waals surface area contributed by atoms with Gasteiger partial charge in [-0.1, -0.05) is 6.92 Å². The Hall–Kier alpha value is -2.21. The summed E-state index contributed by atoms with van der Waals surface area (Å²) in [6.07, 6.45) is 2.52. The summed E-state index contributed by atoms with van der Waals surface area (Å²) in [5, 5.41) is 1.93. The van der Waals surface area contributed by atoms with E-state index in [9.17, 15) is 8.78 Å². The van der Waals surface area contributed by atoms with Gasteiger partial charge in [0.05, 0.1) is 12.0 Å². The second kappa shape index (κ2) is 6.27. The molecule has 114 valence electrons. The first-order valence-electron chi connectivity index (χ1n) is 6.91. The molecule has 0 unspecified atom stereocenters. The van der Waals surface area contributed by atoms with E-state index in [0.717, 1.165) is 30.5 Å². The van der Waals surface area contributed by atoms with Crippen molar-refractivity contribution < 1.29 is 13.2 Å². The minimum Gasteiger partial charge on any atom is -0.463 e. The Morgan fingerprint density at radius 3 is 2.82 bits per heavy atom. The van der Waals surface area contributed by atoms with E-state index in [1.54, 1.807) is 6.26 Å². The highest BCUT2D eigenvalue weighted by Gasteiger charge is 2.10. The maximum Gasteiger partial charge on any atom is 0.190 e.